The summed E-state index contributed by atoms with van der Waals surface area (Å²) in [5, 5.41) is 3.15. The van der Waals surface area contributed by atoms with Gasteiger partial charge in [0.1, 0.15) is 0 Å². The third-order valence-electron chi connectivity index (χ3n) is 2.81. The zero-order chi connectivity index (χ0) is 12.1. The SMILES string of the molecule is CCCNc1nc(N)nc(N2CCCCC2)n1. The number of nitrogens with two attached hydrogens (primary N) is 1. The fourth-order valence-electron chi connectivity index (χ4n) is 1.93. The maximum atomic E-state index is 5.71. The van der Waals surface area contributed by atoms with Crippen LogP contribution in [0.1, 0.15) is 32.6 Å². The van der Waals surface area contributed by atoms with Crippen LogP contribution in [0.5, 0.6) is 0 Å². The van der Waals surface area contributed by atoms with Crippen molar-refractivity contribution in [2.75, 3.05) is 35.6 Å². The van der Waals surface area contributed by atoms with E-state index in [1.165, 1.54) is 19.3 Å². The van der Waals surface area contributed by atoms with Crippen LogP contribution in [-0.2, 0) is 0 Å². The van der Waals surface area contributed by atoms with Crippen LogP contribution in [0.25, 0.3) is 0 Å². The predicted molar refractivity (Wildman–Crippen MR) is 69.1 cm³/mol. The molecule has 2 heterocycles. The molecule has 17 heavy (non-hydrogen) atoms. The molecule has 0 saturated carbocycles. The van der Waals surface area contributed by atoms with Crippen molar-refractivity contribution in [3.05, 3.63) is 0 Å². The molecule has 1 aromatic rings. The Morgan fingerprint density at radius 1 is 1.18 bits per heavy atom. The fraction of sp³-hybridized carbons (Fsp3) is 0.727. The van der Waals surface area contributed by atoms with E-state index in [1.54, 1.807) is 0 Å². The molecule has 0 amide bonds. The van der Waals surface area contributed by atoms with Gasteiger partial charge in [-0.2, -0.15) is 15.0 Å². The Labute approximate surface area is 102 Å². The molecule has 1 saturated heterocycles. The second kappa shape index (κ2) is 5.65. The van der Waals surface area contributed by atoms with Gasteiger partial charge in [0.25, 0.3) is 0 Å². The minimum Gasteiger partial charge on any atom is -0.368 e. The molecule has 0 spiro atoms. The highest BCUT2D eigenvalue weighted by atomic mass is 15.3. The summed E-state index contributed by atoms with van der Waals surface area (Å²) in [5.41, 5.74) is 5.71. The molecule has 6 heteroatoms. The van der Waals surface area contributed by atoms with Crippen molar-refractivity contribution in [1.29, 1.82) is 0 Å². The lowest BCUT2D eigenvalue weighted by molar-refractivity contribution is 0.568. The molecular formula is C11H20N6. The summed E-state index contributed by atoms with van der Waals surface area (Å²) in [6.07, 6.45) is 4.72. The van der Waals surface area contributed by atoms with E-state index >= 15 is 0 Å². The minimum atomic E-state index is 0.291. The van der Waals surface area contributed by atoms with Crippen molar-refractivity contribution in [2.45, 2.75) is 32.6 Å². The average Bonchev–Trinajstić information content (AvgIpc) is 2.37. The molecule has 1 aliphatic heterocycles. The van der Waals surface area contributed by atoms with Gasteiger partial charge in [0, 0.05) is 19.6 Å². The molecule has 1 aromatic heterocycles. The summed E-state index contributed by atoms with van der Waals surface area (Å²) in [6, 6.07) is 0. The van der Waals surface area contributed by atoms with Crippen LogP contribution in [0.2, 0.25) is 0 Å². The number of nitrogens with zero attached hydrogens (tertiary/aromatic N) is 4. The van der Waals surface area contributed by atoms with Gasteiger partial charge in [-0.3, -0.25) is 0 Å². The van der Waals surface area contributed by atoms with E-state index in [9.17, 15) is 0 Å². The molecule has 0 bridgehead atoms. The lowest BCUT2D eigenvalue weighted by atomic mass is 10.1. The van der Waals surface area contributed by atoms with Gasteiger partial charge in [-0.1, -0.05) is 6.92 Å². The maximum Gasteiger partial charge on any atom is 0.231 e. The quantitative estimate of drug-likeness (QED) is 0.819. The lowest BCUT2D eigenvalue weighted by Crippen LogP contribution is -2.31. The molecule has 0 aliphatic carbocycles. The van der Waals surface area contributed by atoms with E-state index in [0.717, 1.165) is 26.1 Å². The summed E-state index contributed by atoms with van der Waals surface area (Å²) < 4.78 is 0. The topological polar surface area (TPSA) is 80.0 Å². The van der Waals surface area contributed by atoms with Gasteiger partial charge in [0.05, 0.1) is 0 Å². The highest BCUT2D eigenvalue weighted by Gasteiger charge is 2.15. The Balaban J connectivity index is 2.12. The summed E-state index contributed by atoms with van der Waals surface area (Å²) in [7, 11) is 0. The van der Waals surface area contributed by atoms with Crippen molar-refractivity contribution in [3.63, 3.8) is 0 Å². The molecule has 6 nitrogen and oxygen atoms in total. The number of hydrogen-bond acceptors (Lipinski definition) is 6. The molecule has 0 radical (unpaired) electrons. The zero-order valence-electron chi connectivity index (χ0n) is 10.3. The number of nitrogen functional groups attached to an aromatic ring is 1. The first kappa shape index (κ1) is 11.9. The number of hydrogen-bond donors (Lipinski definition) is 2. The monoisotopic (exact) mass is 236 g/mol. The fourth-order valence-corrected chi connectivity index (χ4v) is 1.93. The molecule has 0 atom stereocenters. The van der Waals surface area contributed by atoms with E-state index in [-0.39, 0.29) is 0 Å². The van der Waals surface area contributed by atoms with Gasteiger partial charge >= 0.3 is 0 Å². The second-order valence-electron chi connectivity index (χ2n) is 4.29. The van der Waals surface area contributed by atoms with Crippen LogP contribution < -0.4 is 16.0 Å². The summed E-state index contributed by atoms with van der Waals surface area (Å²) in [4.78, 5) is 14.9. The number of piperidine rings is 1. The molecule has 94 valence electrons. The van der Waals surface area contributed by atoms with Gasteiger partial charge in [0.2, 0.25) is 17.8 Å². The highest BCUT2D eigenvalue weighted by molar-refractivity contribution is 5.42. The van der Waals surface area contributed by atoms with E-state index in [1.807, 2.05) is 0 Å². The van der Waals surface area contributed by atoms with Gasteiger partial charge in [-0.05, 0) is 25.7 Å². The Kier molecular flexibility index (Phi) is 3.95. The van der Waals surface area contributed by atoms with Gasteiger partial charge in [-0.15, -0.1) is 0 Å². The molecule has 0 aromatic carbocycles. The molecule has 0 unspecified atom stereocenters. The normalized spacial score (nSPS) is 15.9. The maximum absolute atomic E-state index is 5.71. The van der Waals surface area contributed by atoms with Crippen molar-refractivity contribution in [3.8, 4) is 0 Å². The van der Waals surface area contributed by atoms with Crippen LogP contribution in [0, 0.1) is 0 Å². The molecular weight excluding hydrogens is 216 g/mol. The van der Waals surface area contributed by atoms with E-state index < -0.39 is 0 Å². The third-order valence-corrected chi connectivity index (χ3v) is 2.81. The molecule has 1 aliphatic rings. The number of nitrogens with one attached hydrogen (secondary N) is 1. The van der Waals surface area contributed by atoms with E-state index in [2.05, 4.69) is 32.1 Å². The first-order valence-corrected chi connectivity index (χ1v) is 6.30. The minimum absolute atomic E-state index is 0.291. The predicted octanol–water partition coefficient (Wildman–Crippen LogP) is 1.27. The van der Waals surface area contributed by atoms with E-state index in [0.29, 0.717) is 17.8 Å². The summed E-state index contributed by atoms with van der Waals surface area (Å²) in [6.45, 7) is 4.97. The van der Waals surface area contributed by atoms with Crippen LogP contribution in [0.3, 0.4) is 0 Å². The molecule has 2 rings (SSSR count). The number of anilines is 3. The number of rotatable bonds is 4. The van der Waals surface area contributed by atoms with Crippen molar-refractivity contribution in [1.82, 2.24) is 15.0 Å². The van der Waals surface area contributed by atoms with E-state index in [4.69, 9.17) is 5.73 Å². The van der Waals surface area contributed by atoms with Crippen LogP contribution in [0.4, 0.5) is 17.8 Å². The van der Waals surface area contributed by atoms with Crippen molar-refractivity contribution in [2.24, 2.45) is 0 Å². The summed E-state index contributed by atoms with van der Waals surface area (Å²) >= 11 is 0. The van der Waals surface area contributed by atoms with Crippen molar-refractivity contribution < 1.29 is 0 Å². The molecule has 3 N–H and O–H groups in total. The standard InChI is InChI=1S/C11H20N6/c1-2-6-13-10-14-9(12)15-11(16-10)17-7-4-3-5-8-17/h2-8H2,1H3,(H3,12,13,14,15,16). The van der Waals surface area contributed by atoms with Gasteiger partial charge in [0.15, 0.2) is 0 Å². The lowest BCUT2D eigenvalue weighted by Gasteiger charge is -2.26. The average molecular weight is 236 g/mol. The third kappa shape index (κ3) is 3.18. The van der Waals surface area contributed by atoms with Crippen LogP contribution in [0.15, 0.2) is 0 Å². The largest absolute Gasteiger partial charge is 0.368 e. The Morgan fingerprint density at radius 2 is 1.94 bits per heavy atom. The molecule has 1 fully saturated rings. The second-order valence-corrected chi connectivity index (χ2v) is 4.29. The summed E-state index contributed by atoms with van der Waals surface area (Å²) in [5.74, 6) is 1.58. The Bertz CT molecular complexity index is 361. The zero-order valence-corrected chi connectivity index (χ0v) is 10.3. The van der Waals surface area contributed by atoms with Crippen molar-refractivity contribution >= 4 is 17.8 Å². The smallest absolute Gasteiger partial charge is 0.231 e. The number of aromatic nitrogens is 3. The van der Waals surface area contributed by atoms with Gasteiger partial charge in [-0.25, -0.2) is 0 Å². The highest BCUT2D eigenvalue weighted by Crippen LogP contribution is 2.17. The van der Waals surface area contributed by atoms with Gasteiger partial charge < -0.3 is 16.0 Å². The Morgan fingerprint density at radius 3 is 2.65 bits per heavy atom. The first-order chi connectivity index (χ1) is 8.29. The first-order valence-electron chi connectivity index (χ1n) is 6.30. The van der Waals surface area contributed by atoms with Crippen LogP contribution in [-0.4, -0.2) is 34.6 Å². The Hall–Kier alpha value is -1.59. The van der Waals surface area contributed by atoms with Crippen LogP contribution >= 0.6 is 0 Å².